The van der Waals surface area contributed by atoms with Gasteiger partial charge >= 0.3 is 0 Å². The number of nitrogens with zero attached hydrogens (tertiary/aromatic N) is 2. The Morgan fingerprint density at radius 1 is 0.816 bits per heavy atom. The van der Waals surface area contributed by atoms with E-state index in [9.17, 15) is 9.59 Å². The zero-order valence-corrected chi connectivity index (χ0v) is 22.2. The molecule has 2 fully saturated rings. The summed E-state index contributed by atoms with van der Waals surface area (Å²) in [6.07, 6.45) is -1.35. The molecule has 0 saturated carbocycles. The second-order valence-electron chi connectivity index (χ2n) is 9.71. The van der Waals surface area contributed by atoms with Crippen molar-refractivity contribution >= 4 is 17.5 Å². The van der Waals surface area contributed by atoms with E-state index in [0.29, 0.717) is 17.2 Å². The Bertz CT molecular complexity index is 1300. The topological polar surface area (TPSA) is 77.5 Å². The molecule has 3 aromatic rings. The molecule has 2 saturated heterocycles. The highest BCUT2D eigenvalue weighted by molar-refractivity contribution is 6.05. The summed E-state index contributed by atoms with van der Waals surface area (Å²) >= 11 is 0. The molecule has 0 unspecified atom stereocenters. The number of ether oxygens (including phenoxy) is 4. The Kier molecular flexibility index (Phi) is 6.86. The normalized spacial score (nSPS) is 27.2. The maximum absolute atomic E-state index is 13.6. The summed E-state index contributed by atoms with van der Waals surface area (Å²) in [6, 6.07) is 23.8. The van der Waals surface area contributed by atoms with Gasteiger partial charge in [-0.25, -0.2) is 0 Å². The third-order valence-electron chi connectivity index (χ3n) is 7.44. The van der Waals surface area contributed by atoms with E-state index in [4.69, 9.17) is 18.9 Å². The lowest BCUT2D eigenvalue weighted by Crippen LogP contribution is -2.67. The van der Waals surface area contributed by atoms with Crippen molar-refractivity contribution < 1.29 is 28.5 Å². The van der Waals surface area contributed by atoms with Crippen LogP contribution in [0.25, 0.3) is 0 Å². The van der Waals surface area contributed by atoms with Crippen molar-refractivity contribution in [1.82, 2.24) is 4.90 Å². The van der Waals surface area contributed by atoms with Gasteiger partial charge < -0.3 is 23.8 Å². The van der Waals surface area contributed by atoms with E-state index < -0.39 is 24.0 Å². The molecular weight excluding hydrogens is 484 g/mol. The number of amides is 2. The zero-order chi connectivity index (χ0) is 27.0. The number of hydrogen-bond donors (Lipinski definition) is 0. The first-order valence-corrected chi connectivity index (χ1v) is 12.6. The molecule has 5 atom stereocenters. The molecule has 0 spiro atoms. The van der Waals surface area contributed by atoms with E-state index in [-0.39, 0.29) is 17.9 Å². The van der Waals surface area contributed by atoms with Crippen molar-refractivity contribution in [1.29, 1.82) is 0 Å². The molecule has 2 aliphatic heterocycles. The molecule has 0 radical (unpaired) electrons. The van der Waals surface area contributed by atoms with Crippen LogP contribution in [0.3, 0.4) is 0 Å². The lowest BCUT2D eigenvalue weighted by Gasteiger charge is -2.52. The summed E-state index contributed by atoms with van der Waals surface area (Å²) in [5.74, 6) is -0.855. The summed E-state index contributed by atoms with van der Waals surface area (Å²) in [5.41, 5.74) is 2.48. The zero-order valence-electron chi connectivity index (χ0n) is 22.2. The summed E-state index contributed by atoms with van der Waals surface area (Å²) in [6.45, 7) is 3.54. The highest BCUT2D eigenvalue weighted by atomic mass is 16.7. The van der Waals surface area contributed by atoms with Gasteiger partial charge in [0.15, 0.2) is 6.10 Å². The highest BCUT2D eigenvalue weighted by Gasteiger charge is 2.57. The van der Waals surface area contributed by atoms with Gasteiger partial charge in [-0.1, -0.05) is 42.5 Å². The lowest BCUT2D eigenvalue weighted by molar-refractivity contribution is -0.290. The van der Waals surface area contributed by atoms with E-state index >= 15 is 0 Å². The predicted octanol–water partition coefficient (Wildman–Crippen LogP) is 4.51. The van der Waals surface area contributed by atoms with Gasteiger partial charge in [0.25, 0.3) is 11.8 Å². The number of benzene rings is 3. The first-order chi connectivity index (χ1) is 18.3. The van der Waals surface area contributed by atoms with E-state index in [1.165, 1.54) is 0 Å². The summed E-state index contributed by atoms with van der Waals surface area (Å²) in [4.78, 5) is 30.4. The predicted molar refractivity (Wildman–Crippen MR) is 142 cm³/mol. The van der Waals surface area contributed by atoms with Crippen LogP contribution < -0.4 is 14.4 Å². The molecule has 38 heavy (non-hydrogen) atoms. The maximum atomic E-state index is 13.6. The number of morpholine rings is 1. The number of carbonyl (C=O) groups excluding carboxylic acids is 2. The third-order valence-corrected chi connectivity index (χ3v) is 7.44. The quantitative estimate of drug-likeness (QED) is 0.430. The Morgan fingerprint density at radius 2 is 1.39 bits per heavy atom. The molecule has 2 amide bonds. The Morgan fingerprint density at radius 3 is 1.97 bits per heavy atom. The van der Waals surface area contributed by atoms with Gasteiger partial charge in [-0.2, -0.15) is 0 Å². The van der Waals surface area contributed by atoms with E-state index in [2.05, 4.69) is 0 Å². The molecule has 8 nitrogen and oxygen atoms in total. The van der Waals surface area contributed by atoms with Crippen molar-refractivity contribution in [3.63, 3.8) is 0 Å². The van der Waals surface area contributed by atoms with Crippen molar-refractivity contribution in [2.45, 2.75) is 43.9 Å². The fourth-order valence-electron chi connectivity index (χ4n) is 5.14. The number of β-lactam (4-membered cyclic amide) rings is 1. The second-order valence-corrected chi connectivity index (χ2v) is 9.71. The van der Waals surface area contributed by atoms with Crippen LogP contribution in [-0.4, -0.2) is 55.9 Å². The minimum Gasteiger partial charge on any atom is -0.497 e. The van der Waals surface area contributed by atoms with Gasteiger partial charge in [0, 0.05) is 12.7 Å². The van der Waals surface area contributed by atoms with Crippen molar-refractivity contribution in [2.75, 3.05) is 26.2 Å². The minimum atomic E-state index is -1.65. The molecule has 2 heterocycles. The number of methoxy groups -OCH3 is 2. The van der Waals surface area contributed by atoms with Crippen molar-refractivity contribution in [3.05, 3.63) is 90.0 Å². The van der Waals surface area contributed by atoms with Gasteiger partial charge in [-0.05, 0) is 61.4 Å². The average molecular weight is 517 g/mol. The van der Waals surface area contributed by atoms with Crippen LogP contribution in [0.5, 0.6) is 11.5 Å². The minimum absolute atomic E-state index is 0.216. The molecule has 3 aromatic carbocycles. The molecule has 2 aliphatic rings. The fraction of sp³-hybridized carbons (Fsp3) is 0.333. The second kappa shape index (κ2) is 10.1. The smallest absolute Gasteiger partial charge is 0.282 e. The van der Waals surface area contributed by atoms with Gasteiger partial charge in [-0.15, -0.1) is 0 Å². The number of hydrogen-bond acceptors (Lipinski definition) is 6. The monoisotopic (exact) mass is 516 g/mol. The summed E-state index contributed by atoms with van der Waals surface area (Å²) in [5, 5.41) is 0. The largest absolute Gasteiger partial charge is 0.497 e. The lowest BCUT2D eigenvalue weighted by atomic mass is 9.89. The van der Waals surface area contributed by atoms with Crippen LogP contribution in [0.15, 0.2) is 78.9 Å². The van der Waals surface area contributed by atoms with Gasteiger partial charge in [0.05, 0.1) is 26.3 Å². The van der Waals surface area contributed by atoms with Crippen LogP contribution in [0.2, 0.25) is 0 Å². The summed E-state index contributed by atoms with van der Waals surface area (Å²) in [7, 11) is 4.93. The molecule has 0 aliphatic carbocycles. The third kappa shape index (κ3) is 4.40. The van der Waals surface area contributed by atoms with Crippen molar-refractivity contribution in [3.8, 4) is 11.5 Å². The van der Waals surface area contributed by atoms with E-state index in [1.54, 1.807) is 50.1 Å². The number of carbonyl (C=O) groups is 2. The first-order valence-electron chi connectivity index (χ1n) is 12.6. The molecule has 0 N–H and O–H groups in total. The highest BCUT2D eigenvalue weighted by Crippen LogP contribution is 2.45. The molecule has 8 heteroatoms. The molecule has 0 bridgehead atoms. The van der Waals surface area contributed by atoms with Crippen LogP contribution in [-0.2, 0) is 19.1 Å². The van der Waals surface area contributed by atoms with Gasteiger partial charge in [0.2, 0.25) is 5.79 Å². The Labute approximate surface area is 222 Å². The maximum Gasteiger partial charge on any atom is 0.282 e. The molecule has 5 rings (SSSR count). The van der Waals surface area contributed by atoms with Crippen molar-refractivity contribution in [2.24, 2.45) is 0 Å². The fourth-order valence-corrected chi connectivity index (χ4v) is 5.14. The molecule has 198 valence electrons. The standard InChI is InChI=1S/C30H32N2O6/c1-19-26(21-9-7-6-8-10-21)37-30(2,29(34)31(19)3)38-27-25(20-11-15-23(35-4)16-12-20)32(28(27)33)22-13-17-24(36-5)18-14-22/h6-19,25-27H,1-5H3/t19-,25-,26-,27+,30+/m0/s1. The molecular formula is C30H32N2O6. The average Bonchev–Trinajstić information content (AvgIpc) is 2.96. The van der Waals surface area contributed by atoms with Gasteiger partial charge in [-0.3, -0.25) is 14.5 Å². The number of anilines is 1. The first kappa shape index (κ1) is 25.8. The van der Waals surface area contributed by atoms with E-state index in [1.807, 2.05) is 73.7 Å². The number of likely N-dealkylation sites (N-methyl/N-ethyl adjacent to an activating group) is 1. The van der Waals surface area contributed by atoms with Crippen LogP contribution in [0.4, 0.5) is 5.69 Å². The van der Waals surface area contributed by atoms with Crippen LogP contribution >= 0.6 is 0 Å². The van der Waals surface area contributed by atoms with Crippen LogP contribution in [0, 0.1) is 0 Å². The SMILES string of the molecule is COc1ccc([C@H]2[C@@H](O[C@@]3(C)O[C@H](c4ccccc4)[C@H](C)N(C)C3=O)C(=O)N2c2ccc(OC)cc2)cc1. The summed E-state index contributed by atoms with van der Waals surface area (Å²) < 4.78 is 23.3. The van der Waals surface area contributed by atoms with Gasteiger partial charge in [0.1, 0.15) is 17.6 Å². The molecule has 0 aromatic heterocycles. The Balaban J connectivity index is 1.48. The number of rotatable bonds is 7. The van der Waals surface area contributed by atoms with Crippen LogP contribution in [0.1, 0.15) is 37.1 Å². The Hall–Kier alpha value is -3.88. The van der Waals surface area contributed by atoms with E-state index in [0.717, 1.165) is 11.1 Å².